The van der Waals surface area contributed by atoms with Crippen molar-refractivity contribution < 1.29 is 0 Å². The van der Waals surface area contributed by atoms with Crippen LogP contribution in [0.3, 0.4) is 0 Å². The van der Waals surface area contributed by atoms with Crippen molar-refractivity contribution in [3.05, 3.63) is 21.3 Å². The number of hydrogen-bond acceptors (Lipinski definition) is 2. The lowest BCUT2D eigenvalue weighted by Gasteiger charge is -2.34. The summed E-state index contributed by atoms with van der Waals surface area (Å²) >= 11 is 7.65. The van der Waals surface area contributed by atoms with Crippen LogP contribution in [0.1, 0.15) is 44.4 Å². The van der Waals surface area contributed by atoms with Gasteiger partial charge in [-0.05, 0) is 37.2 Å². The Kier molecular flexibility index (Phi) is 3.93. The Morgan fingerprint density at radius 2 is 2.12 bits per heavy atom. The molecule has 16 heavy (non-hydrogen) atoms. The summed E-state index contributed by atoms with van der Waals surface area (Å²) in [7, 11) is 0. The highest BCUT2D eigenvalue weighted by molar-refractivity contribution is 7.10. The molecule has 3 heteroatoms. The van der Waals surface area contributed by atoms with Crippen molar-refractivity contribution in [3.63, 3.8) is 0 Å². The smallest absolute Gasteiger partial charge is 0.0516 e. The standard InChI is InChI=1S/C13H20ClNS/c1-13(2)5-3-11(4-6-13)15-8-12-7-10(14)9-16-12/h7,9,11,15H,3-6,8H2,1-2H3. The van der Waals surface area contributed by atoms with Crippen LogP contribution in [0.15, 0.2) is 11.4 Å². The van der Waals surface area contributed by atoms with Crippen molar-refractivity contribution in [2.75, 3.05) is 0 Å². The van der Waals surface area contributed by atoms with E-state index < -0.39 is 0 Å². The zero-order valence-electron chi connectivity index (χ0n) is 10.1. The quantitative estimate of drug-likeness (QED) is 0.843. The molecule has 1 aliphatic rings. The summed E-state index contributed by atoms with van der Waals surface area (Å²) in [5.41, 5.74) is 0.560. The molecule has 0 radical (unpaired) electrons. The molecule has 90 valence electrons. The van der Waals surface area contributed by atoms with E-state index in [-0.39, 0.29) is 0 Å². The number of halogens is 1. The van der Waals surface area contributed by atoms with Gasteiger partial charge < -0.3 is 5.32 Å². The fraction of sp³-hybridized carbons (Fsp3) is 0.692. The Balaban J connectivity index is 1.75. The van der Waals surface area contributed by atoms with E-state index in [9.17, 15) is 0 Å². The summed E-state index contributed by atoms with van der Waals surface area (Å²) in [6, 6.07) is 2.76. The third-order valence-electron chi connectivity index (χ3n) is 3.53. The van der Waals surface area contributed by atoms with Crippen LogP contribution in [0.4, 0.5) is 0 Å². The normalized spacial score (nSPS) is 21.2. The first kappa shape index (κ1) is 12.4. The van der Waals surface area contributed by atoms with Gasteiger partial charge in [-0.3, -0.25) is 0 Å². The molecule has 2 rings (SSSR count). The Morgan fingerprint density at radius 1 is 1.44 bits per heavy atom. The molecule has 0 spiro atoms. The lowest BCUT2D eigenvalue weighted by atomic mass is 9.75. The number of hydrogen-bond donors (Lipinski definition) is 1. The van der Waals surface area contributed by atoms with Crippen LogP contribution < -0.4 is 5.32 Å². The van der Waals surface area contributed by atoms with Gasteiger partial charge in [-0.25, -0.2) is 0 Å². The Morgan fingerprint density at radius 3 is 2.69 bits per heavy atom. The molecule has 0 aliphatic heterocycles. The molecule has 1 N–H and O–H groups in total. The van der Waals surface area contributed by atoms with E-state index in [1.165, 1.54) is 30.6 Å². The van der Waals surface area contributed by atoms with E-state index in [2.05, 4.69) is 25.2 Å². The number of rotatable bonds is 3. The fourth-order valence-corrected chi connectivity index (χ4v) is 3.32. The highest BCUT2D eigenvalue weighted by atomic mass is 35.5. The second-order valence-electron chi connectivity index (χ2n) is 5.55. The van der Waals surface area contributed by atoms with E-state index >= 15 is 0 Å². The minimum absolute atomic E-state index is 0.560. The van der Waals surface area contributed by atoms with Gasteiger partial charge in [-0.1, -0.05) is 25.4 Å². The van der Waals surface area contributed by atoms with Crippen molar-refractivity contribution in [1.82, 2.24) is 5.32 Å². The Bertz CT molecular complexity index is 335. The van der Waals surface area contributed by atoms with Gasteiger partial charge in [0.2, 0.25) is 0 Å². The minimum Gasteiger partial charge on any atom is -0.309 e. The molecule has 1 saturated carbocycles. The van der Waals surface area contributed by atoms with Gasteiger partial charge >= 0.3 is 0 Å². The molecular formula is C13H20ClNS. The van der Waals surface area contributed by atoms with Gasteiger partial charge in [0, 0.05) is 22.8 Å². The van der Waals surface area contributed by atoms with E-state index in [1.54, 1.807) is 11.3 Å². The van der Waals surface area contributed by atoms with Crippen LogP contribution in [0.2, 0.25) is 5.02 Å². The van der Waals surface area contributed by atoms with E-state index in [0.717, 1.165) is 11.6 Å². The van der Waals surface area contributed by atoms with Crippen LogP contribution in [0.5, 0.6) is 0 Å². The summed E-state index contributed by atoms with van der Waals surface area (Å²) in [6.07, 6.45) is 5.31. The van der Waals surface area contributed by atoms with Crippen molar-refractivity contribution >= 4 is 22.9 Å². The zero-order chi connectivity index (χ0) is 11.6. The second kappa shape index (κ2) is 5.07. The molecule has 0 unspecified atom stereocenters. The van der Waals surface area contributed by atoms with Crippen molar-refractivity contribution in [3.8, 4) is 0 Å². The Hall–Kier alpha value is -0.0500. The SMILES string of the molecule is CC1(C)CCC(NCc2cc(Cl)cs2)CC1. The van der Waals surface area contributed by atoms with E-state index in [4.69, 9.17) is 11.6 Å². The fourth-order valence-electron chi connectivity index (χ4n) is 2.29. The maximum Gasteiger partial charge on any atom is 0.0516 e. The molecule has 1 nitrogen and oxygen atoms in total. The Labute approximate surface area is 107 Å². The second-order valence-corrected chi connectivity index (χ2v) is 6.98. The average Bonchev–Trinajstić information content (AvgIpc) is 2.63. The lowest BCUT2D eigenvalue weighted by molar-refractivity contribution is 0.206. The van der Waals surface area contributed by atoms with Gasteiger partial charge in [0.05, 0.1) is 5.02 Å². The van der Waals surface area contributed by atoms with Crippen molar-refractivity contribution in [2.45, 2.75) is 52.1 Å². The highest BCUT2D eigenvalue weighted by Crippen LogP contribution is 2.35. The van der Waals surface area contributed by atoms with Crippen LogP contribution in [0, 0.1) is 5.41 Å². The van der Waals surface area contributed by atoms with Crippen LogP contribution in [0.25, 0.3) is 0 Å². The minimum atomic E-state index is 0.560. The molecule has 0 bridgehead atoms. The van der Waals surface area contributed by atoms with E-state index in [0.29, 0.717) is 11.5 Å². The summed E-state index contributed by atoms with van der Waals surface area (Å²) in [4.78, 5) is 1.34. The van der Waals surface area contributed by atoms with Gasteiger partial charge in [0.25, 0.3) is 0 Å². The largest absolute Gasteiger partial charge is 0.309 e. The molecule has 1 fully saturated rings. The summed E-state index contributed by atoms with van der Waals surface area (Å²) in [5.74, 6) is 0. The average molecular weight is 258 g/mol. The molecule has 1 aromatic heterocycles. The van der Waals surface area contributed by atoms with Gasteiger partial charge in [0.15, 0.2) is 0 Å². The third kappa shape index (κ3) is 3.47. The van der Waals surface area contributed by atoms with Gasteiger partial charge in [-0.15, -0.1) is 11.3 Å². The summed E-state index contributed by atoms with van der Waals surface area (Å²) < 4.78 is 0. The first-order valence-electron chi connectivity index (χ1n) is 6.01. The zero-order valence-corrected chi connectivity index (χ0v) is 11.6. The van der Waals surface area contributed by atoms with Gasteiger partial charge in [-0.2, -0.15) is 0 Å². The molecule has 0 atom stereocenters. The van der Waals surface area contributed by atoms with E-state index in [1.807, 2.05) is 5.38 Å². The molecule has 0 aromatic carbocycles. The first-order valence-corrected chi connectivity index (χ1v) is 7.27. The summed E-state index contributed by atoms with van der Waals surface area (Å²) in [6.45, 7) is 5.73. The molecule has 0 saturated heterocycles. The molecule has 1 aromatic rings. The number of nitrogens with one attached hydrogen (secondary N) is 1. The monoisotopic (exact) mass is 257 g/mol. The number of thiophene rings is 1. The highest BCUT2D eigenvalue weighted by Gasteiger charge is 2.26. The molecule has 1 aliphatic carbocycles. The van der Waals surface area contributed by atoms with Crippen LogP contribution >= 0.6 is 22.9 Å². The molecular weight excluding hydrogens is 238 g/mol. The molecule has 1 heterocycles. The predicted molar refractivity (Wildman–Crippen MR) is 72.2 cm³/mol. The topological polar surface area (TPSA) is 12.0 Å². The molecule has 0 amide bonds. The maximum absolute atomic E-state index is 5.90. The van der Waals surface area contributed by atoms with Crippen LogP contribution in [-0.4, -0.2) is 6.04 Å². The first-order chi connectivity index (χ1) is 7.55. The van der Waals surface area contributed by atoms with Crippen molar-refractivity contribution in [1.29, 1.82) is 0 Å². The predicted octanol–water partition coefficient (Wildman–Crippen LogP) is 4.46. The van der Waals surface area contributed by atoms with Gasteiger partial charge in [0.1, 0.15) is 0 Å². The third-order valence-corrected chi connectivity index (χ3v) is 4.81. The summed E-state index contributed by atoms with van der Waals surface area (Å²) in [5, 5.41) is 6.51. The maximum atomic E-state index is 5.90. The van der Waals surface area contributed by atoms with Crippen LogP contribution in [-0.2, 0) is 6.54 Å². The lowest BCUT2D eigenvalue weighted by Crippen LogP contribution is -2.34. The van der Waals surface area contributed by atoms with Crippen molar-refractivity contribution in [2.24, 2.45) is 5.41 Å².